The lowest BCUT2D eigenvalue weighted by Gasteiger charge is -2.09. The van der Waals surface area contributed by atoms with Crippen molar-refractivity contribution < 1.29 is 13.6 Å². The summed E-state index contributed by atoms with van der Waals surface area (Å²) in [4.78, 5) is 13.0. The van der Waals surface area contributed by atoms with Gasteiger partial charge in [-0.2, -0.15) is 0 Å². The molecule has 0 aliphatic heterocycles. The standard InChI is InChI=1S/C15H13F2NOS2/c1-20-13-5-3-2-4-12(13)18-15(19)9-21-14-8-10(16)6-7-11(14)17/h2-8H,9H2,1H3,(H,18,19). The van der Waals surface area contributed by atoms with E-state index < -0.39 is 11.6 Å². The second-order valence-electron chi connectivity index (χ2n) is 4.11. The molecule has 1 N–H and O–H groups in total. The average molecular weight is 325 g/mol. The van der Waals surface area contributed by atoms with Crippen LogP contribution in [0.25, 0.3) is 0 Å². The van der Waals surface area contributed by atoms with Gasteiger partial charge in [-0.3, -0.25) is 4.79 Å². The number of hydrogen-bond acceptors (Lipinski definition) is 3. The Labute approximate surface area is 130 Å². The number of rotatable bonds is 5. The van der Waals surface area contributed by atoms with Gasteiger partial charge < -0.3 is 5.32 Å². The number of hydrogen-bond donors (Lipinski definition) is 1. The number of para-hydroxylation sites is 1. The smallest absolute Gasteiger partial charge is 0.234 e. The molecule has 2 nitrogen and oxygen atoms in total. The summed E-state index contributed by atoms with van der Waals surface area (Å²) in [6.45, 7) is 0. The van der Waals surface area contributed by atoms with Gasteiger partial charge in [-0.25, -0.2) is 8.78 Å². The molecule has 0 aliphatic rings. The van der Waals surface area contributed by atoms with Crippen LogP contribution in [0.3, 0.4) is 0 Å². The number of carbonyl (C=O) groups is 1. The van der Waals surface area contributed by atoms with Gasteiger partial charge >= 0.3 is 0 Å². The monoisotopic (exact) mass is 325 g/mol. The Kier molecular flexibility index (Phi) is 5.64. The van der Waals surface area contributed by atoms with Gasteiger partial charge in [-0.15, -0.1) is 23.5 Å². The predicted molar refractivity (Wildman–Crippen MR) is 83.9 cm³/mol. The molecule has 1 amide bonds. The highest BCUT2D eigenvalue weighted by atomic mass is 32.2. The SMILES string of the molecule is CSc1ccccc1NC(=O)CSc1cc(F)ccc1F. The largest absolute Gasteiger partial charge is 0.324 e. The first-order valence-corrected chi connectivity index (χ1v) is 8.32. The Balaban J connectivity index is 1.97. The van der Waals surface area contributed by atoms with Crippen molar-refractivity contribution in [2.45, 2.75) is 9.79 Å². The highest BCUT2D eigenvalue weighted by Crippen LogP contribution is 2.26. The van der Waals surface area contributed by atoms with Crippen LogP contribution in [0, 0.1) is 11.6 Å². The molecule has 0 aromatic heterocycles. The molecule has 0 saturated heterocycles. The van der Waals surface area contributed by atoms with E-state index in [1.54, 1.807) is 6.07 Å². The fourth-order valence-corrected chi connectivity index (χ4v) is 2.98. The molecule has 21 heavy (non-hydrogen) atoms. The van der Waals surface area contributed by atoms with Crippen molar-refractivity contribution in [3.05, 3.63) is 54.1 Å². The van der Waals surface area contributed by atoms with E-state index in [-0.39, 0.29) is 16.6 Å². The van der Waals surface area contributed by atoms with Crippen molar-refractivity contribution >= 4 is 35.1 Å². The summed E-state index contributed by atoms with van der Waals surface area (Å²) in [6.07, 6.45) is 1.92. The summed E-state index contributed by atoms with van der Waals surface area (Å²) in [5.74, 6) is -1.29. The average Bonchev–Trinajstić information content (AvgIpc) is 2.49. The molecule has 0 atom stereocenters. The fraction of sp³-hybridized carbons (Fsp3) is 0.133. The van der Waals surface area contributed by atoms with Crippen LogP contribution in [0.2, 0.25) is 0 Å². The highest BCUT2D eigenvalue weighted by molar-refractivity contribution is 8.00. The van der Waals surface area contributed by atoms with E-state index in [0.29, 0.717) is 0 Å². The van der Waals surface area contributed by atoms with Crippen LogP contribution in [0.4, 0.5) is 14.5 Å². The van der Waals surface area contributed by atoms with Crippen molar-refractivity contribution in [3.63, 3.8) is 0 Å². The second kappa shape index (κ2) is 7.47. The van der Waals surface area contributed by atoms with E-state index in [4.69, 9.17) is 0 Å². The van der Waals surface area contributed by atoms with E-state index in [9.17, 15) is 13.6 Å². The number of thioether (sulfide) groups is 2. The molecule has 0 radical (unpaired) electrons. The third-order valence-corrected chi connectivity index (χ3v) is 4.46. The van der Waals surface area contributed by atoms with Crippen molar-refractivity contribution in [3.8, 4) is 0 Å². The third kappa shape index (κ3) is 4.47. The number of nitrogens with one attached hydrogen (secondary N) is 1. The number of halogens is 2. The van der Waals surface area contributed by atoms with Gasteiger partial charge in [-0.1, -0.05) is 12.1 Å². The lowest BCUT2D eigenvalue weighted by Crippen LogP contribution is -2.14. The lowest BCUT2D eigenvalue weighted by molar-refractivity contribution is -0.113. The first-order valence-electron chi connectivity index (χ1n) is 6.11. The van der Waals surface area contributed by atoms with Gasteiger partial charge in [-0.05, 0) is 36.6 Å². The van der Waals surface area contributed by atoms with E-state index in [0.717, 1.165) is 40.5 Å². The van der Waals surface area contributed by atoms with Crippen LogP contribution in [0.5, 0.6) is 0 Å². The molecule has 6 heteroatoms. The number of amides is 1. The zero-order valence-corrected chi connectivity index (χ0v) is 12.9. The normalized spacial score (nSPS) is 10.4. The number of anilines is 1. The highest BCUT2D eigenvalue weighted by Gasteiger charge is 2.09. The lowest BCUT2D eigenvalue weighted by atomic mass is 10.3. The van der Waals surface area contributed by atoms with Crippen LogP contribution >= 0.6 is 23.5 Å². The molecular formula is C15H13F2NOS2. The summed E-state index contributed by atoms with van der Waals surface area (Å²) >= 11 is 2.49. The van der Waals surface area contributed by atoms with E-state index in [2.05, 4.69) is 5.32 Å². The fourth-order valence-electron chi connectivity index (χ4n) is 1.67. The van der Waals surface area contributed by atoms with Gasteiger partial charge in [0.1, 0.15) is 11.6 Å². The molecular weight excluding hydrogens is 312 g/mol. The molecule has 0 spiro atoms. The zero-order valence-electron chi connectivity index (χ0n) is 11.2. The molecule has 2 rings (SSSR count). The van der Waals surface area contributed by atoms with Gasteiger partial charge in [0.15, 0.2) is 0 Å². The summed E-state index contributed by atoms with van der Waals surface area (Å²) in [5, 5.41) is 2.77. The third-order valence-electron chi connectivity index (χ3n) is 2.63. The molecule has 0 fully saturated rings. The van der Waals surface area contributed by atoms with Crippen molar-refractivity contribution in [2.75, 3.05) is 17.3 Å². The van der Waals surface area contributed by atoms with Crippen LogP contribution in [-0.2, 0) is 4.79 Å². The molecule has 0 bridgehead atoms. The number of carbonyl (C=O) groups excluding carboxylic acids is 1. The minimum absolute atomic E-state index is 0.0170. The summed E-state index contributed by atoms with van der Waals surface area (Å²) in [5.41, 5.74) is 0.718. The minimum Gasteiger partial charge on any atom is -0.324 e. The summed E-state index contributed by atoms with van der Waals surface area (Å²) in [7, 11) is 0. The first kappa shape index (κ1) is 15.9. The van der Waals surface area contributed by atoms with Gasteiger partial charge in [0.25, 0.3) is 0 Å². The molecule has 110 valence electrons. The maximum Gasteiger partial charge on any atom is 0.234 e. The Bertz CT molecular complexity index is 649. The Morgan fingerprint density at radius 2 is 1.90 bits per heavy atom. The summed E-state index contributed by atoms with van der Waals surface area (Å²) in [6, 6.07) is 10.6. The quantitative estimate of drug-likeness (QED) is 0.825. The first-order chi connectivity index (χ1) is 10.1. The van der Waals surface area contributed by atoms with Crippen molar-refractivity contribution in [1.29, 1.82) is 0 Å². The molecule has 0 saturated carbocycles. The molecule has 0 unspecified atom stereocenters. The molecule has 2 aromatic carbocycles. The summed E-state index contributed by atoms with van der Waals surface area (Å²) < 4.78 is 26.5. The topological polar surface area (TPSA) is 29.1 Å². The van der Waals surface area contributed by atoms with Crippen LogP contribution in [-0.4, -0.2) is 17.9 Å². The van der Waals surface area contributed by atoms with E-state index >= 15 is 0 Å². The Morgan fingerprint density at radius 3 is 2.67 bits per heavy atom. The predicted octanol–water partition coefficient (Wildman–Crippen LogP) is 4.42. The van der Waals surface area contributed by atoms with E-state index in [1.165, 1.54) is 11.8 Å². The van der Waals surface area contributed by atoms with Gasteiger partial charge in [0.2, 0.25) is 5.91 Å². The maximum atomic E-state index is 13.4. The van der Waals surface area contributed by atoms with Crippen LogP contribution in [0.15, 0.2) is 52.3 Å². The molecule has 0 heterocycles. The van der Waals surface area contributed by atoms with Gasteiger partial charge in [0, 0.05) is 9.79 Å². The number of benzene rings is 2. The van der Waals surface area contributed by atoms with Crippen LogP contribution in [0.1, 0.15) is 0 Å². The zero-order chi connectivity index (χ0) is 15.2. The maximum absolute atomic E-state index is 13.4. The Morgan fingerprint density at radius 1 is 1.14 bits per heavy atom. The Hall–Kier alpha value is -1.53. The van der Waals surface area contributed by atoms with Gasteiger partial charge in [0.05, 0.1) is 11.4 Å². The van der Waals surface area contributed by atoms with Crippen molar-refractivity contribution in [2.24, 2.45) is 0 Å². The van der Waals surface area contributed by atoms with Crippen molar-refractivity contribution in [1.82, 2.24) is 0 Å². The van der Waals surface area contributed by atoms with Crippen LogP contribution < -0.4 is 5.32 Å². The molecule has 0 aliphatic carbocycles. The van der Waals surface area contributed by atoms with E-state index in [1.807, 2.05) is 24.5 Å². The molecule has 2 aromatic rings. The minimum atomic E-state index is -0.529. The second-order valence-corrected chi connectivity index (χ2v) is 5.98.